The van der Waals surface area contributed by atoms with Crippen LogP contribution < -0.4 is 25.2 Å². The van der Waals surface area contributed by atoms with Gasteiger partial charge in [-0.2, -0.15) is 0 Å². The first-order chi connectivity index (χ1) is 20.9. The molecular formula is C30H38F2N6O5S. The number of nitrogens with two attached hydrogens (primary N) is 1. The van der Waals surface area contributed by atoms with E-state index in [1.165, 1.54) is 12.1 Å². The second-order valence-electron chi connectivity index (χ2n) is 12.4. The fraction of sp³-hybridized carbons (Fsp3) is 0.567. The third kappa shape index (κ3) is 6.06. The summed E-state index contributed by atoms with van der Waals surface area (Å²) in [6.45, 7) is 1.20. The number of anilines is 4. The van der Waals surface area contributed by atoms with Crippen LogP contribution in [0.5, 0.6) is 0 Å². The Bertz CT molecular complexity index is 1560. The predicted octanol–water partition coefficient (Wildman–Crippen LogP) is 3.32. The highest BCUT2D eigenvalue weighted by Gasteiger charge is 2.45. The molecule has 0 atom stereocenters. The fourth-order valence-electron chi connectivity index (χ4n) is 6.66. The molecule has 2 aromatic rings. The average molecular weight is 633 g/mol. The lowest BCUT2D eigenvalue weighted by molar-refractivity contribution is -0.117. The van der Waals surface area contributed by atoms with E-state index in [4.69, 9.17) is 10.7 Å². The topological polar surface area (TPSA) is 149 Å². The number of halogens is 2. The molecule has 4 N–H and O–H groups in total. The van der Waals surface area contributed by atoms with Crippen LogP contribution in [0, 0.1) is 5.41 Å². The average Bonchev–Trinajstić information content (AvgIpc) is 3.59. The number of carbonyl (C=O) groups is 2. The summed E-state index contributed by atoms with van der Waals surface area (Å²) < 4.78 is 56.7. The summed E-state index contributed by atoms with van der Waals surface area (Å²) in [4.78, 5) is 35.9. The van der Waals surface area contributed by atoms with Gasteiger partial charge in [-0.05, 0) is 61.8 Å². The molecule has 1 aliphatic carbocycles. The van der Waals surface area contributed by atoms with Gasteiger partial charge in [-0.25, -0.2) is 22.2 Å². The van der Waals surface area contributed by atoms with Gasteiger partial charge in [0.25, 0.3) is 11.8 Å². The van der Waals surface area contributed by atoms with Gasteiger partial charge >= 0.3 is 0 Å². The standard InChI is InChI=1S/C30H38F2N6O5S/c31-30(32)11-16-37(17-12-30)28-23(38-13-1-2-24(38)40)6-5-21(34-28)25-22(35-44(42,43)19-18-39)4-3-20(27(33)41)26(25)36-14-9-29(7-8-29)10-15-36/h3-6,35,39H,1-2,7-19H2,(H2,33,41). The van der Waals surface area contributed by atoms with Gasteiger partial charge in [0, 0.05) is 57.5 Å². The molecule has 6 rings (SSSR count). The quantitative estimate of drug-likeness (QED) is 0.381. The SMILES string of the molecule is NC(=O)c1ccc(NS(=O)(=O)CCO)c(-c2ccc(N3CCCC3=O)c(N3CCC(F)(F)CC3)n2)c1N1CCC2(CC1)CC2. The Labute approximate surface area is 255 Å². The first-order valence-corrected chi connectivity index (χ1v) is 16.8. The second kappa shape index (κ2) is 11.4. The van der Waals surface area contributed by atoms with E-state index in [2.05, 4.69) is 4.72 Å². The molecule has 4 aliphatic rings. The molecule has 11 nitrogen and oxygen atoms in total. The number of nitrogens with one attached hydrogen (secondary N) is 1. The van der Waals surface area contributed by atoms with E-state index in [0.29, 0.717) is 66.3 Å². The number of amides is 2. The van der Waals surface area contributed by atoms with E-state index in [0.717, 1.165) is 25.7 Å². The summed E-state index contributed by atoms with van der Waals surface area (Å²) in [5.41, 5.74) is 8.13. The minimum Gasteiger partial charge on any atom is -0.395 e. The number of aromatic nitrogens is 1. The van der Waals surface area contributed by atoms with Crippen LogP contribution in [0.4, 0.5) is 31.7 Å². The number of sulfonamides is 1. The summed E-state index contributed by atoms with van der Waals surface area (Å²) in [5, 5.41) is 9.38. The molecule has 3 saturated heterocycles. The fourth-order valence-corrected chi connectivity index (χ4v) is 7.50. The number of alkyl halides is 2. The first-order valence-electron chi connectivity index (χ1n) is 15.2. The highest BCUT2D eigenvalue weighted by molar-refractivity contribution is 7.92. The van der Waals surface area contributed by atoms with Gasteiger partial charge in [0.1, 0.15) is 0 Å². The van der Waals surface area contributed by atoms with Crippen LogP contribution in [0.25, 0.3) is 11.3 Å². The van der Waals surface area contributed by atoms with Crippen molar-refractivity contribution in [1.82, 2.24) is 4.98 Å². The molecule has 14 heteroatoms. The summed E-state index contributed by atoms with van der Waals surface area (Å²) in [6, 6.07) is 6.34. The van der Waals surface area contributed by atoms with Gasteiger partial charge in [-0.15, -0.1) is 0 Å². The highest BCUT2D eigenvalue weighted by atomic mass is 32.2. The molecule has 4 fully saturated rings. The van der Waals surface area contributed by atoms with Crippen molar-refractivity contribution in [3.8, 4) is 11.3 Å². The van der Waals surface area contributed by atoms with Gasteiger partial charge < -0.3 is 25.5 Å². The molecule has 2 amide bonds. The first kappa shape index (κ1) is 30.5. The van der Waals surface area contributed by atoms with Crippen LogP contribution in [0.2, 0.25) is 0 Å². The third-order valence-corrected chi connectivity index (χ3v) is 10.7. The largest absolute Gasteiger partial charge is 0.395 e. The lowest BCUT2D eigenvalue weighted by Crippen LogP contribution is -2.41. The van der Waals surface area contributed by atoms with Gasteiger partial charge in [0.15, 0.2) is 5.82 Å². The van der Waals surface area contributed by atoms with Crippen molar-refractivity contribution in [2.24, 2.45) is 11.1 Å². The minimum absolute atomic E-state index is 0.0247. The number of aliphatic hydroxyl groups excluding tert-OH is 1. The number of carbonyl (C=O) groups excluding carboxylic acids is 2. The lowest BCUT2D eigenvalue weighted by atomic mass is 9.91. The molecular weight excluding hydrogens is 594 g/mol. The van der Waals surface area contributed by atoms with Gasteiger partial charge in [-0.3, -0.25) is 14.3 Å². The monoisotopic (exact) mass is 632 g/mol. The summed E-state index contributed by atoms with van der Waals surface area (Å²) in [6.07, 6.45) is 4.46. The summed E-state index contributed by atoms with van der Waals surface area (Å²) >= 11 is 0. The molecule has 1 aromatic heterocycles. The third-order valence-electron chi connectivity index (χ3n) is 9.44. The maximum absolute atomic E-state index is 14.2. The van der Waals surface area contributed by atoms with Crippen LogP contribution in [0.1, 0.15) is 61.7 Å². The molecule has 44 heavy (non-hydrogen) atoms. The van der Waals surface area contributed by atoms with Crippen molar-refractivity contribution < 1.29 is 31.9 Å². The van der Waals surface area contributed by atoms with Crippen molar-refractivity contribution in [3.63, 3.8) is 0 Å². The predicted molar refractivity (Wildman–Crippen MR) is 164 cm³/mol. The molecule has 0 radical (unpaired) electrons. The van der Waals surface area contributed by atoms with E-state index < -0.39 is 34.2 Å². The molecule has 1 spiro atoms. The molecule has 4 heterocycles. The van der Waals surface area contributed by atoms with Crippen LogP contribution in [-0.2, 0) is 14.8 Å². The van der Waals surface area contributed by atoms with E-state index in [-0.39, 0.29) is 43.1 Å². The number of benzene rings is 1. The molecule has 238 valence electrons. The number of primary amides is 1. The van der Waals surface area contributed by atoms with Crippen molar-refractivity contribution in [1.29, 1.82) is 0 Å². The summed E-state index contributed by atoms with van der Waals surface area (Å²) in [5.74, 6) is -3.76. The zero-order valence-corrected chi connectivity index (χ0v) is 25.3. The lowest BCUT2D eigenvalue weighted by Gasteiger charge is -2.37. The molecule has 1 aromatic carbocycles. The van der Waals surface area contributed by atoms with Crippen LogP contribution in [0.3, 0.4) is 0 Å². The van der Waals surface area contributed by atoms with Crippen molar-refractivity contribution in [3.05, 3.63) is 29.8 Å². The number of nitrogens with zero attached hydrogens (tertiary/aromatic N) is 4. The summed E-state index contributed by atoms with van der Waals surface area (Å²) in [7, 11) is -3.99. The Morgan fingerprint density at radius 3 is 2.25 bits per heavy atom. The molecule has 1 saturated carbocycles. The van der Waals surface area contributed by atoms with Gasteiger partial charge in [0.2, 0.25) is 15.9 Å². The highest BCUT2D eigenvalue weighted by Crippen LogP contribution is 2.55. The Kier molecular flexibility index (Phi) is 7.93. The Morgan fingerprint density at radius 2 is 1.66 bits per heavy atom. The molecule has 0 bridgehead atoms. The zero-order chi connectivity index (χ0) is 31.3. The van der Waals surface area contributed by atoms with E-state index >= 15 is 0 Å². The Morgan fingerprint density at radius 1 is 0.977 bits per heavy atom. The number of hydrogen-bond donors (Lipinski definition) is 3. The zero-order valence-electron chi connectivity index (χ0n) is 24.5. The van der Waals surface area contributed by atoms with Crippen molar-refractivity contribution >= 4 is 44.7 Å². The van der Waals surface area contributed by atoms with E-state index in [9.17, 15) is 31.9 Å². The minimum atomic E-state index is -3.99. The van der Waals surface area contributed by atoms with Crippen LogP contribution in [-0.4, -0.2) is 81.3 Å². The second-order valence-corrected chi connectivity index (χ2v) is 14.3. The maximum atomic E-state index is 14.2. The number of aliphatic hydroxyl groups is 1. The van der Waals surface area contributed by atoms with E-state index in [1.54, 1.807) is 21.9 Å². The molecule has 0 unspecified atom stereocenters. The van der Waals surface area contributed by atoms with Crippen molar-refractivity contribution in [2.75, 3.05) is 64.5 Å². The maximum Gasteiger partial charge on any atom is 0.251 e. The Balaban J connectivity index is 1.53. The molecule has 3 aliphatic heterocycles. The number of hydrogen-bond acceptors (Lipinski definition) is 8. The normalized spacial score (nSPS) is 21.2. The van der Waals surface area contributed by atoms with Crippen LogP contribution in [0.15, 0.2) is 24.3 Å². The van der Waals surface area contributed by atoms with E-state index in [1.807, 2.05) is 4.90 Å². The Hall–Kier alpha value is -3.52. The number of pyridine rings is 1. The number of rotatable bonds is 9. The number of piperidine rings is 2. The van der Waals surface area contributed by atoms with Gasteiger partial charge in [0.05, 0.1) is 40.7 Å². The van der Waals surface area contributed by atoms with Crippen molar-refractivity contribution in [2.45, 2.75) is 57.3 Å². The van der Waals surface area contributed by atoms with Gasteiger partial charge in [-0.1, -0.05) is 0 Å². The smallest absolute Gasteiger partial charge is 0.251 e. The van der Waals surface area contributed by atoms with Crippen LogP contribution >= 0.6 is 0 Å².